The SMILES string of the molecule is CNS(=O)(=O)N(C)c1ccc(C=O)cc1. The van der Waals surface area contributed by atoms with Crippen molar-refractivity contribution in [3.05, 3.63) is 29.8 Å². The van der Waals surface area contributed by atoms with Crippen molar-refractivity contribution < 1.29 is 13.2 Å². The van der Waals surface area contributed by atoms with Crippen molar-refractivity contribution in [1.82, 2.24) is 4.72 Å². The van der Waals surface area contributed by atoms with Crippen molar-refractivity contribution in [2.45, 2.75) is 0 Å². The van der Waals surface area contributed by atoms with Crippen LogP contribution in [0.3, 0.4) is 0 Å². The maximum atomic E-state index is 11.4. The fourth-order valence-corrected chi connectivity index (χ4v) is 1.71. The van der Waals surface area contributed by atoms with Gasteiger partial charge in [-0.2, -0.15) is 8.42 Å². The molecule has 0 fully saturated rings. The van der Waals surface area contributed by atoms with Crippen molar-refractivity contribution in [3.8, 4) is 0 Å². The summed E-state index contributed by atoms with van der Waals surface area (Å²) in [7, 11) is -0.705. The molecule has 0 radical (unpaired) electrons. The number of nitrogens with zero attached hydrogens (tertiary/aromatic N) is 1. The van der Waals surface area contributed by atoms with Crippen molar-refractivity contribution >= 4 is 22.2 Å². The number of hydrogen-bond donors (Lipinski definition) is 1. The molecule has 0 aliphatic heterocycles. The van der Waals surface area contributed by atoms with Crippen LogP contribution in [0.1, 0.15) is 10.4 Å². The molecule has 6 heteroatoms. The first-order valence-electron chi connectivity index (χ1n) is 4.24. The van der Waals surface area contributed by atoms with E-state index in [0.29, 0.717) is 17.5 Å². The predicted octanol–water partition coefficient (Wildman–Crippen LogP) is 0.399. The zero-order chi connectivity index (χ0) is 11.5. The largest absolute Gasteiger partial charge is 0.301 e. The summed E-state index contributed by atoms with van der Waals surface area (Å²) in [6, 6.07) is 6.26. The van der Waals surface area contributed by atoms with Crippen LogP contribution in [0.15, 0.2) is 24.3 Å². The standard InChI is InChI=1S/C9H12N2O3S/c1-10-15(13,14)11(2)9-5-3-8(7-12)4-6-9/h3-7,10H,1-2H3. The van der Waals surface area contributed by atoms with E-state index >= 15 is 0 Å². The summed E-state index contributed by atoms with van der Waals surface area (Å²) < 4.78 is 26.1. The highest BCUT2D eigenvalue weighted by molar-refractivity contribution is 7.90. The van der Waals surface area contributed by atoms with Gasteiger partial charge in [0.05, 0.1) is 5.69 Å². The van der Waals surface area contributed by atoms with Crippen molar-refractivity contribution in [3.63, 3.8) is 0 Å². The smallest absolute Gasteiger partial charge is 0.298 e. The van der Waals surface area contributed by atoms with Crippen molar-refractivity contribution in [2.75, 3.05) is 18.4 Å². The third kappa shape index (κ3) is 2.54. The molecule has 0 saturated carbocycles. The number of carbonyl (C=O) groups excluding carboxylic acids is 1. The Morgan fingerprint density at radius 3 is 2.20 bits per heavy atom. The van der Waals surface area contributed by atoms with Gasteiger partial charge in [-0.3, -0.25) is 9.10 Å². The van der Waals surface area contributed by atoms with Gasteiger partial charge in [-0.05, 0) is 24.3 Å². The summed E-state index contributed by atoms with van der Waals surface area (Å²) in [5, 5.41) is 0. The quantitative estimate of drug-likeness (QED) is 0.758. The first-order valence-corrected chi connectivity index (χ1v) is 5.68. The van der Waals surface area contributed by atoms with Crippen LogP contribution in [-0.4, -0.2) is 28.8 Å². The molecule has 0 atom stereocenters. The highest BCUT2D eigenvalue weighted by atomic mass is 32.2. The van der Waals surface area contributed by atoms with Crippen molar-refractivity contribution in [2.24, 2.45) is 0 Å². The van der Waals surface area contributed by atoms with Gasteiger partial charge in [-0.1, -0.05) is 0 Å². The lowest BCUT2D eigenvalue weighted by molar-refractivity contribution is 0.112. The van der Waals surface area contributed by atoms with Gasteiger partial charge in [0, 0.05) is 19.7 Å². The number of nitrogens with one attached hydrogen (secondary N) is 1. The van der Waals surface area contributed by atoms with Crippen LogP contribution >= 0.6 is 0 Å². The van der Waals surface area contributed by atoms with E-state index in [-0.39, 0.29) is 0 Å². The molecule has 1 aromatic carbocycles. The van der Waals surface area contributed by atoms with Crippen LogP contribution < -0.4 is 9.03 Å². The van der Waals surface area contributed by atoms with E-state index in [1.54, 1.807) is 24.3 Å². The molecule has 1 N–H and O–H groups in total. The summed E-state index contributed by atoms with van der Waals surface area (Å²) in [5.41, 5.74) is 1.00. The summed E-state index contributed by atoms with van der Waals surface area (Å²) in [6.07, 6.45) is 0.705. The Morgan fingerprint density at radius 2 is 1.80 bits per heavy atom. The Balaban J connectivity index is 3.02. The van der Waals surface area contributed by atoms with E-state index in [9.17, 15) is 13.2 Å². The van der Waals surface area contributed by atoms with E-state index in [2.05, 4.69) is 4.72 Å². The Kier molecular flexibility index (Phi) is 3.43. The molecular weight excluding hydrogens is 216 g/mol. The minimum atomic E-state index is -3.48. The van der Waals surface area contributed by atoms with Crippen LogP contribution in [0.4, 0.5) is 5.69 Å². The molecule has 0 heterocycles. The normalized spacial score (nSPS) is 11.1. The Morgan fingerprint density at radius 1 is 1.27 bits per heavy atom. The lowest BCUT2D eigenvalue weighted by Gasteiger charge is -2.18. The second-order valence-corrected chi connectivity index (χ2v) is 4.79. The van der Waals surface area contributed by atoms with Crippen molar-refractivity contribution in [1.29, 1.82) is 0 Å². The second kappa shape index (κ2) is 4.41. The highest BCUT2D eigenvalue weighted by Crippen LogP contribution is 2.15. The number of anilines is 1. The van der Waals surface area contributed by atoms with E-state index in [1.165, 1.54) is 14.1 Å². The summed E-state index contributed by atoms with van der Waals surface area (Å²) in [5.74, 6) is 0. The van der Waals surface area contributed by atoms with Gasteiger partial charge < -0.3 is 0 Å². The number of hydrogen-bond acceptors (Lipinski definition) is 3. The van der Waals surface area contributed by atoms with E-state index in [4.69, 9.17) is 0 Å². The molecule has 5 nitrogen and oxygen atoms in total. The zero-order valence-corrected chi connectivity index (χ0v) is 9.28. The molecular formula is C9H12N2O3S. The maximum absolute atomic E-state index is 11.4. The molecule has 1 rings (SSSR count). The molecule has 0 aliphatic rings. The highest BCUT2D eigenvalue weighted by Gasteiger charge is 2.14. The van der Waals surface area contributed by atoms with E-state index < -0.39 is 10.2 Å². The fourth-order valence-electron chi connectivity index (χ4n) is 1.04. The van der Waals surface area contributed by atoms with E-state index in [1.807, 2.05) is 0 Å². The van der Waals surface area contributed by atoms with Crippen LogP contribution in [-0.2, 0) is 10.2 Å². The van der Waals surface area contributed by atoms with Crippen LogP contribution in [0.25, 0.3) is 0 Å². The average Bonchev–Trinajstić information content (AvgIpc) is 2.28. The zero-order valence-electron chi connectivity index (χ0n) is 8.47. The maximum Gasteiger partial charge on any atom is 0.301 e. The van der Waals surface area contributed by atoms with Gasteiger partial charge in [0.15, 0.2) is 0 Å². The lowest BCUT2D eigenvalue weighted by Crippen LogP contribution is -2.35. The number of rotatable bonds is 4. The molecule has 0 aliphatic carbocycles. The lowest BCUT2D eigenvalue weighted by atomic mass is 10.2. The number of carbonyl (C=O) groups is 1. The molecule has 15 heavy (non-hydrogen) atoms. The molecule has 0 saturated heterocycles. The fraction of sp³-hybridized carbons (Fsp3) is 0.222. The second-order valence-electron chi connectivity index (χ2n) is 2.89. The topological polar surface area (TPSA) is 66.5 Å². The summed E-state index contributed by atoms with van der Waals surface area (Å²) >= 11 is 0. The first-order chi connectivity index (χ1) is 7.01. The minimum Gasteiger partial charge on any atom is -0.298 e. The molecule has 0 unspecified atom stereocenters. The molecule has 0 amide bonds. The summed E-state index contributed by atoms with van der Waals surface area (Å²) in [4.78, 5) is 10.4. The number of benzene rings is 1. The van der Waals surface area contributed by atoms with Gasteiger partial charge in [-0.25, -0.2) is 4.72 Å². The molecule has 0 bridgehead atoms. The Bertz CT molecular complexity index is 439. The monoisotopic (exact) mass is 228 g/mol. The van der Waals surface area contributed by atoms with Gasteiger partial charge in [0.1, 0.15) is 6.29 Å². The van der Waals surface area contributed by atoms with Gasteiger partial charge in [0.2, 0.25) is 0 Å². The Labute approximate surface area is 88.9 Å². The third-order valence-electron chi connectivity index (χ3n) is 2.01. The molecule has 82 valence electrons. The molecule has 0 spiro atoms. The van der Waals surface area contributed by atoms with Gasteiger partial charge in [-0.15, -0.1) is 0 Å². The van der Waals surface area contributed by atoms with Gasteiger partial charge >= 0.3 is 10.2 Å². The molecule has 0 aromatic heterocycles. The van der Waals surface area contributed by atoms with Crippen LogP contribution in [0.2, 0.25) is 0 Å². The number of aldehydes is 1. The van der Waals surface area contributed by atoms with E-state index in [0.717, 1.165) is 4.31 Å². The average molecular weight is 228 g/mol. The summed E-state index contributed by atoms with van der Waals surface area (Å²) in [6.45, 7) is 0. The minimum absolute atomic E-state index is 0.495. The van der Waals surface area contributed by atoms with Gasteiger partial charge in [0.25, 0.3) is 0 Å². The van der Waals surface area contributed by atoms with Crippen LogP contribution in [0, 0.1) is 0 Å². The predicted molar refractivity (Wildman–Crippen MR) is 58.2 cm³/mol. The molecule has 1 aromatic rings. The van der Waals surface area contributed by atoms with Crippen LogP contribution in [0.5, 0.6) is 0 Å². The third-order valence-corrected chi connectivity index (χ3v) is 3.46. The first kappa shape index (κ1) is 11.7. The Hall–Kier alpha value is -1.40.